The molecule has 20 heavy (non-hydrogen) atoms. The lowest BCUT2D eigenvalue weighted by atomic mass is 9.93. The first-order chi connectivity index (χ1) is 9.45. The molecule has 0 spiro atoms. The van der Waals surface area contributed by atoms with Gasteiger partial charge in [0.1, 0.15) is 0 Å². The van der Waals surface area contributed by atoms with Crippen molar-refractivity contribution in [3.63, 3.8) is 0 Å². The van der Waals surface area contributed by atoms with Gasteiger partial charge in [0.15, 0.2) is 5.12 Å². The van der Waals surface area contributed by atoms with Gasteiger partial charge >= 0.3 is 5.97 Å². The van der Waals surface area contributed by atoms with E-state index in [-0.39, 0.29) is 11.7 Å². The molecule has 0 aromatic heterocycles. The minimum Gasteiger partial charge on any atom is -0.480 e. The molecule has 2 fully saturated rings. The van der Waals surface area contributed by atoms with E-state index in [0.29, 0.717) is 17.9 Å². The summed E-state index contributed by atoms with van der Waals surface area (Å²) in [6.07, 6.45) is 5.06. The van der Waals surface area contributed by atoms with Crippen LogP contribution in [0.25, 0.3) is 0 Å². The Balaban J connectivity index is 1.90. The largest absolute Gasteiger partial charge is 0.480 e. The van der Waals surface area contributed by atoms with Crippen LogP contribution in [0, 0.1) is 17.8 Å². The minimum atomic E-state index is -0.737. The summed E-state index contributed by atoms with van der Waals surface area (Å²) in [7, 11) is 0. The fraction of sp³-hybridized carbons (Fsp3) is 0.867. The number of carboxylic acids is 1. The highest BCUT2D eigenvalue weighted by Gasteiger charge is 2.42. The molecule has 0 aliphatic heterocycles. The molecule has 0 saturated heterocycles. The van der Waals surface area contributed by atoms with E-state index >= 15 is 0 Å². The molecule has 2 saturated carbocycles. The number of nitrogens with zero attached hydrogens (tertiary/aromatic N) is 1. The van der Waals surface area contributed by atoms with E-state index in [0.717, 1.165) is 18.2 Å². The molecule has 0 heterocycles. The van der Waals surface area contributed by atoms with Crippen LogP contribution in [0.2, 0.25) is 0 Å². The van der Waals surface area contributed by atoms with Crippen LogP contribution in [0.3, 0.4) is 0 Å². The summed E-state index contributed by atoms with van der Waals surface area (Å²) in [5.74, 6) is 1.92. The highest BCUT2D eigenvalue weighted by molar-refractivity contribution is 8.13. The lowest BCUT2D eigenvalue weighted by Gasteiger charge is -2.35. The van der Waals surface area contributed by atoms with Crippen LogP contribution in [0.5, 0.6) is 0 Å². The first-order valence-corrected chi connectivity index (χ1v) is 8.53. The number of aliphatic carboxylic acids is 1. The van der Waals surface area contributed by atoms with Gasteiger partial charge in [0.25, 0.3) is 0 Å². The Bertz CT molecular complexity index is 374. The SMILES string of the molecule is CC(=O)SCC(C)CN(CC(=O)O)C1CC2CCC1C2. The van der Waals surface area contributed by atoms with Crippen molar-refractivity contribution in [2.24, 2.45) is 17.8 Å². The van der Waals surface area contributed by atoms with Crippen LogP contribution >= 0.6 is 11.8 Å². The Kier molecular flexibility index (Phi) is 5.49. The summed E-state index contributed by atoms with van der Waals surface area (Å²) < 4.78 is 0. The molecule has 4 unspecified atom stereocenters. The molecule has 4 nitrogen and oxygen atoms in total. The summed E-state index contributed by atoms with van der Waals surface area (Å²) >= 11 is 1.35. The number of fused-ring (bicyclic) bond motifs is 2. The number of hydrogen-bond donors (Lipinski definition) is 1. The van der Waals surface area contributed by atoms with Gasteiger partial charge in [-0.05, 0) is 37.0 Å². The van der Waals surface area contributed by atoms with Gasteiger partial charge < -0.3 is 5.11 Å². The number of carboxylic acid groups (broad SMARTS) is 1. The Hall–Kier alpha value is -0.550. The minimum absolute atomic E-state index is 0.140. The molecule has 0 radical (unpaired) electrons. The second-order valence-corrected chi connectivity index (χ2v) is 7.67. The molecule has 0 aromatic rings. The van der Waals surface area contributed by atoms with E-state index in [2.05, 4.69) is 11.8 Å². The molecule has 2 aliphatic rings. The van der Waals surface area contributed by atoms with E-state index in [1.54, 1.807) is 6.92 Å². The molecule has 4 atom stereocenters. The van der Waals surface area contributed by atoms with Crippen LogP contribution in [-0.2, 0) is 9.59 Å². The molecule has 2 aliphatic carbocycles. The quantitative estimate of drug-likeness (QED) is 0.782. The van der Waals surface area contributed by atoms with E-state index < -0.39 is 5.97 Å². The highest BCUT2D eigenvalue weighted by atomic mass is 32.2. The van der Waals surface area contributed by atoms with Crippen molar-refractivity contribution in [3.05, 3.63) is 0 Å². The monoisotopic (exact) mass is 299 g/mol. The van der Waals surface area contributed by atoms with Crippen LogP contribution < -0.4 is 0 Å². The standard InChI is InChI=1S/C15H25NO3S/c1-10(9-20-11(2)17)7-16(8-15(18)19)14-6-12-3-4-13(14)5-12/h10,12-14H,3-9H2,1-2H3,(H,18,19). The van der Waals surface area contributed by atoms with Crippen molar-refractivity contribution < 1.29 is 14.7 Å². The van der Waals surface area contributed by atoms with Crippen LogP contribution in [-0.4, -0.2) is 46.0 Å². The van der Waals surface area contributed by atoms with Gasteiger partial charge in [-0.1, -0.05) is 25.1 Å². The molecule has 114 valence electrons. The molecular formula is C15H25NO3S. The maximum atomic E-state index is 11.1. The average molecular weight is 299 g/mol. The average Bonchev–Trinajstić information content (AvgIpc) is 2.97. The van der Waals surface area contributed by atoms with Gasteiger partial charge in [-0.25, -0.2) is 0 Å². The Labute approximate surface area is 125 Å². The van der Waals surface area contributed by atoms with E-state index in [9.17, 15) is 9.59 Å². The fourth-order valence-electron chi connectivity index (χ4n) is 3.86. The number of hydrogen-bond acceptors (Lipinski definition) is 4. The van der Waals surface area contributed by atoms with E-state index in [1.165, 1.54) is 37.4 Å². The van der Waals surface area contributed by atoms with Crippen molar-refractivity contribution in [2.75, 3.05) is 18.8 Å². The normalized spacial score (nSPS) is 29.9. The summed E-state index contributed by atoms with van der Waals surface area (Å²) in [4.78, 5) is 24.3. The molecule has 5 heteroatoms. The summed E-state index contributed by atoms with van der Waals surface area (Å²) in [6, 6.07) is 0.453. The van der Waals surface area contributed by atoms with Gasteiger partial charge in [0.2, 0.25) is 0 Å². The number of rotatable bonds is 7. The second-order valence-electron chi connectivity index (χ2n) is 6.47. The van der Waals surface area contributed by atoms with Crippen molar-refractivity contribution >= 4 is 22.8 Å². The highest BCUT2D eigenvalue weighted by Crippen LogP contribution is 2.46. The van der Waals surface area contributed by atoms with Gasteiger partial charge in [-0.3, -0.25) is 14.5 Å². The van der Waals surface area contributed by atoms with Gasteiger partial charge in [-0.15, -0.1) is 0 Å². The number of carbonyl (C=O) groups is 2. The molecule has 1 N–H and O–H groups in total. The Morgan fingerprint density at radius 3 is 2.60 bits per heavy atom. The van der Waals surface area contributed by atoms with Gasteiger partial charge in [-0.2, -0.15) is 0 Å². The molecular weight excluding hydrogens is 274 g/mol. The maximum absolute atomic E-state index is 11.1. The third kappa shape index (κ3) is 4.22. The maximum Gasteiger partial charge on any atom is 0.317 e. The topological polar surface area (TPSA) is 57.6 Å². The van der Waals surface area contributed by atoms with Crippen molar-refractivity contribution in [1.29, 1.82) is 0 Å². The van der Waals surface area contributed by atoms with Crippen molar-refractivity contribution in [1.82, 2.24) is 4.90 Å². The fourth-order valence-corrected chi connectivity index (χ4v) is 4.49. The lowest BCUT2D eigenvalue weighted by Crippen LogP contribution is -2.44. The second kappa shape index (κ2) is 6.94. The Morgan fingerprint density at radius 1 is 1.35 bits per heavy atom. The zero-order valence-electron chi connectivity index (χ0n) is 12.4. The lowest BCUT2D eigenvalue weighted by molar-refractivity contribution is -0.139. The number of carbonyl (C=O) groups excluding carboxylic acids is 1. The van der Waals surface area contributed by atoms with Crippen molar-refractivity contribution in [3.8, 4) is 0 Å². The summed E-state index contributed by atoms with van der Waals surface area (Å²) in [6.45, 7) is 4.63. The first kappa shape index (κ1) is 15.8. The molecule has 2 rings (SSSR count). The third-order valence-corrected chi connectivity index (χ3v) is 5.77. The van der Waals surface area contributed by atoms with Crippen LogP contribution in [0.15, 0.2) is 0 Å². The van der Waals surface area contributed by atoms with Crippen LogP contribution in [0.1, 0.15) is 39.5 Å². The summed E-state index contributed by atoms with van der Waals surface area (Å²) in [5.41, 5.74) is 0. The zero-order chi connectivity index (χ0) is 14.7. The van der Waals surface area contributed by atoms with Gasteiger partial charge in [0.05, 0.1) is 6.54 Å². The smallest absolute Gasteiger partial charge is 0.317 e. The molecule has 0 amide bonds. The first-order valence-electron chi connectivity index (χ1n) is 7.55. The predicted molar refractivity (Wildman–Crippen MR) is 80.7 cm³/mol. The van der Waals surface area contributed by atoms with Crippen LogP contribution in [0.4, 0.5) is 0 Å². The van der Waals surface area contributed by atoms with Crippen molar-refractivity contribution in [2.45, 2.75) is 45.6 Å². The molecule has 0 aromatic carbocycles. The van der Waals surface area contributed by atoms with Gasteiger partial charge in [0, 0.05) is 25.3 Å². The number of thioether (sulfide) groups is 1. The molecule has 2 bridgehead atoms. The van der Waals surface area contributed by atoms with E-state index in [1.807, 2.05) is 0 Å². The van der Waals surface area contributed by atoms with E-state index in [4.69, 9.17) is 5.11 Å². The summed E-state index contributed by atoms with van der Waals surface area (Å²) in [5, 5.41) is 9.28. The zero-order valence-corrected chi connectivity index (χ0v) is 13.2. The Morgan fingerprint density at radius 2 is 2.10 bits per heavy atom. The third-order valence-electron chi connectivity index (χ3n) is 4.63. The predicted octanol–water partition coefficient (Wildman–Crippen LogP) is 2.48.